The monoisotopic (exact) mass is 476 g/mol. The van der Waals surface area contributed by atoms with Crippen molar-refractivity contribution >= 4 is 35.8 Å². The second-order valence-electron chi connectivity index (χ2n) is 6.06. The van der Waals surface area contributed by atoms with Crippen molar-refractivity contribution in [1.82, 2.24) is 16.0 Å². The molecule has 1 aromatic carbocycles. The largest absolute Gasteiger partial charge is 0.496 e. The van der Waals surface area contributed by atoms with Gasteiger partial charge < -0.3 is 20.7 Å². The first-order valence-electron chi connectivity index (χ1n) is 8.95. The highest BCUT2D eigenvalue weighted by molar-refractivity contribution is 14.0. The minimum absolute atomic E-state index is 0. The fourth-order valence-corrected chi connectivity index (χ4v) is 2.23. The number of rotatable bonds is 9. The predicted octanol–water partition coefficient (Wildman–Crippen LogP) is 2.98. The Kier molecular flexibility index (Phi) is 12.9. The number of methoxy groups -OCH3 is 1. The molecule has 3 N–H and O–H groups in total. The summed E-state index contributed by atoms with van der Waals surface area (Å²) in [6, 6.07) is 6.29. The highest BCUT2D eigenvalue weighted by Crippen LogP contribution is 2.20. The number of ether oxygens (including phenoxy) is 1. The molecule has 0 aromatic heterocycles. The summed E-state index contributed by atoms with van der Waals surface area (Å²) in [7, 11) is 1.67. The molecule has 0 spiro atoms. The van der Waals surface area contributed by atoms with Crippen molar-refractivity contribution in [2.75, 3.05) is 20.2 Å². The second kappa shape index (κ2) is 13.7. The van der Waals surface area contributed by atoms with Crippen LogP contribution in [0.4, 0.5) is 0 Å². The minimum Gasteiger partial charge on any atom is -0.496 e. The molecule has 0 bridgehead atoms. The Hall–Kier alpha value is -1.51. The molecule has 0 aliphatic carbocycles. The number of aliphatic imine (C=N–C) groups is 1. The standard InChI is InChI=1S/C19H32N4O2.HI/c1-6-15(4)23-18(24)10-11-21-19(20-7-2)22-13-16-9-8-14(3)12-17(16)25-5;/h8-9,12,15H,6-7,10-11,13H2,1-5H3,(H,23,24)(H2,20,21,22);1H. The van der Waals surface area contributed by atoms with Crippen molar-refractivity contribution in [1.29, 1.82) is 0 Å². The number of amides is 1. The average Bonchev–Trinajstić information content (AvgIpc) is 2.60. The van der Waals surface area contributed by atoms with E-state index < -0.39 is 0 Å². The van der Waals surface area contributed by atoms with E-state index in [2.05, 4.69) is 27.9 Å². The van der Waals surface area contributed by atoms with Gasteiger partial charge in [-0.3, -0.25) is 4.79 Å². The van der Waals surface area contributed by atoms with E-state index in [1.807, 2.05) is 39.0 Å². The molecular formula is C19H33IN4O2. The number of aryl methyl sites for hydroxylation is 1. The van der Waals surface area contributed by atoms with Crippen molar-refractivity contribution < 1.29 is 9.53 Å². The Bertz CT molecular complexity index is 579. The first-order valence-corrected chi connectivity index (χ1v) is 8.95. The van der Waals surface area contributed by atoms with Crippen LogP contribution in [0.25, 0.3) is 0 Å². The molecule has 0 fully saturated rings. The van der Waals surface area contributed by atoms with E-state index in [-0.39, 0.29) is 35.9 Å². The molecule has 6 nitrogen and oxygen atoms in total. The van der Waals surface area contributed by atoms with Crippen LogP contribution in [-0.2, 0) is 11.3 Å². The van der Waals surface area contributed by atoms with Gasteiger partial charge in [-0.25, -0.2) is 4.99 Å². The number of guanidine groups is 1. The molecule has 0 aliphatic rings. The summed E-state index contributed by atoms with van der Waals surface area (Å²) in [5, 5.41) is 9.35. The molecule has 1 unspecified atom stereocenters. The Labute approximate surface area is 174 Å². The van der Waals surface area contributed by atoms with Crippen molar-refractivity contribution in [2.24, 2.45) is 4.99 Å². The fourth-order valence-electron chi connectivity index (χ4n) is 2.23. The third-order valence-corrected chi connectivity index (χ3v) is 3.86. The molecule has 0 radical (unpaired) electrons. The Balaban J connectivity index is 0.00000625. The van der Waals surface area contributed by atoms with Gasteiger partial charge in [-0.1, -0.05) is 19.1 Å². The van der Waals surface area contributed by atoms with Crippen molar-refractivity contribution in [3.05, 3.63) is 29.3 Å². The molecule has 1 atom stereocenters. The number of benzene rings is 1. The van der Waals surface area contributed by atoms with Crippen molar-refractivity contribution in [3.8, 4) is 5.75 Å². The molecule has 0 saturated carbocycles. The summed E-state index contributed by atoms with van der Waals surface area (Å²) in [6.45, 7) is 9.92. The fraction of sp³-hybridized carbons (Fsp3) is 0.579. The van der Waals surface area contributed by atoms with Crippen LogP contribution in [0.3, 0.4) is 0 Å². The van der Waals surface area contributed by atoms with Gasteiger partial charge in [-0.15, -0.1) is 24.0 Å². The van der Waals surface area contributed by atoms with Gasteiger partial charge in [0, 0.05) is 31.1 Å². The van der Waals surface area contributed by atoms with Gasteiger partial charge in [0.1, 0.15) is 5.75 Å². The number of nitrogens with zero attached hydrogens (tertiary/aromatic N) is 1. The molecule has 1 rings (SSSR count). The number of hydrogen-bond acceptors (Lipinski definition) is 3. The zero-order chi connectivity index (χ0) is 18.7. The lowest BCUT2D eigenvalue weighted by Gasteiger charge is -2.14. The van der Waals surface area contributed by atoms with E-state index in [0.717, 1.165) is 29.8 Å². The lowest BCUT2D eigenvalue weighted by molar-refractivity contribution is -0.121. The minimum atomic E-state index is 0. The van der Waals surface area contributed by atoms with Crippen LogP contribution in [0.2, 0.25) is 0 Å². The van der Waals surface area contributed by atoms with E-state index in [0.29, 0.717) is 25.5 Å². The number of nitrogens with one attached hydrogen (secondary N) is 3. The van der Waals surface area contributed by atoms with Crippen LogP contribution in [0, 0.1) is 6.92 Å². The third-order valence-electron chi connectivity index (χ3n) is 3.86. The summed E-state index contributed by atoms with van der Waals surface area (Å²) in [6.07, 6.45) is 1.35. The zero-order valence-corrected chi connectivity index (χ0v) is 18.8. The van der Waals surface area contributed by atoms with Gasteiger partial charge in [0.15, 0.2) is 5.96 Å². The maximum atomic E-state index is 11.8. The third kappa shape index (κ3) is 9.26. The molecule has 1 amide bonds. The average molecular weight is 476 g/mol. The van der Waals surface area contributed by atoms with E-state index in [1.165, 1.54) is 0 Å². The smallest absolute Gasteiger partial charge is 0.221 e. The molecule has 148 valence electrons. The Morgan fingerprint density at radius 3 is 2.62 bits per heavy atom. The molecule has 1 aromatic rings. The molecular weight excluding hydrogens is 443 g/mol. The molecule has 7 heteroatoms. The van der Waals surface area contributed by atoms with Gasteiger partial charge in [-0.05, 0) is 38.8 Å². The maximum Gasteiger partial charge on any atom is 0.221 e. The summed E-state index contributed by atoms with van der Waals surface area (Å²) in [5.74, 6) is 1.59. The normalized spacial score (nSPS) is 12.0. The van der Waals surface area contributed by atoms with Crippen LogP contribution in [0.15, 0.2) is 23.2 Å². The first-order chi connectivity index (χ1) is 12.0. The van der Waals surface area contributed by atoms with Gasteiger partial charge in [0.25, 0.3) is 0 Å². The molecule has 0 saturated heterocycles. The highest BCUT2D eigenvalue weighted by Gasteiger charge is 2.07. The second-order valence-corrected chi connectivity index (χ2v) is 6.06. The Morgan fingerprint density at radius 2 is 2.00 bits per heavy atom. The van der Waals surface area contributed by atoms with E-state index >= 15 is 0 Å². The number of carbonyl (C=O) groups excluding carboxylic acids is 1. The summed E-state index contributed by atoms with van der Waals surface area (Å²) < 4.78 is 5.42. The lowest BCUT2D eigenvalue weighted by atomic mass is 10.1. The van der Waals surface area contributed by atoms with Gasteiger partial charge in [0.2, 0.25) is 5.91 Å². The van der Waals surface area contributed by atoms with Gasteiger partial charge in [-0.2, -0.15) is 0 Å². The molecule has 0 heterocycles. The number of carbonyl (C=O) groups is 1. The topological polar surface area (TPSA) is 74.8 Å². The summed E-state index contributed by atoms with van der Waals surface area (Å²) in [5.41, 5.74) is 2.18. The van der Waals surface area contributed by atoms with Crippen molar-refractivity contribution in [3.63, 3.8) is 0 Å². The van der Waals surface area contributed by atoms with E-state index in [9.17, 15) is 4.79 Å². The molecule has 0 aliphatic heterocycles. The highest BCUT2D eigenvalue weighted by atomic mass is 127. The number of halogens is 1. The SMILES string of the molecule is CCNC(=NCc1ccc(C)cc1OC)NCCC(=O)NC(C)CC.I. The van der Waals surface area contributed by atoms with Crippen molar-refractivity contribution in [2.45, 2.75) is 53.1 Å². The van der Waals surface area contributed by atoms with Gasteiger partial charge >= 0.3 is 0 Å². The van der Waals surface area contributed by atoms with Crippen LogP contribution < -0.4 is 20.7 Å². The van der Waals surface area contributed by atoms with E-state index in [4.69, 9.17) is 4.74 Å². The lowest BCUT2D eigenvalue weighted by Crippen LogP contribution is -2.40. The summed E-state index contributed by atoms with van der Waals surface area (Å²) in [4.78, 5) is 16.4. The molecule has 26 heavy (non-hydrogen) atoms. The van der Waals surface area contributed by atoms with E-state index in [1.54, 1.807) is 7.11 Å². The summed E-state index contributed by atoms with van der Waals surface area (Å²) >= 11 is 0. The van der Waals surface area contributed by atoms with Gasteiger partial charge in [0.05, 0.1) is 13.7 Å². The quantitative estimate of drug-likeness (QED) is 0.291. The van der Waals surface area contributed by atoms with Crippen LogP contribution >= 0.6 is 24.0 Å². The zero-order valence-electron chi connectivity index (χ0n) is 16.5. The Morgan fingerprint density at radius 1 is 1.27 bits per heavy atom. The van der Waals surface area contributed by atoms with Crippen LogP contribution in [-0.4, -0.2) is 38.1 Å². The number of hydrogen-bond donors (Lipinski definition) is 3. The van der Waals surface area contributed by atoms with Crippen LogP contribution in [0.1, 0.15) is 44.7 Å². The predicted molar refractivity (Wildman–Crippen MR) is 118 cm³/mol. The van der Waals surface area contributed by atoms with Crippen LogP contribution in [0.5, 0.6) is 5.75 Å². The first kappa shape index (κ1) is 24.5. The maximum absolute atomic E-state index is 11.8.